The summed E-state index contributed by atoms with van der Waals surface area (Å²) in [5.41, 5.74) is 7.45. The molecule has 0 bridgehead atoms. The number of hydrogen-bond donors (Lipinski definition) is 1. The molecule has 1 aromatic rings. The first-order chi connectivity index (χ1) is 8.14. The summed E-state index contributed by atoms with van der Waals surface area (Å²) in [6, 6.07) is 6.16. The fourth-order valence-corrected chi connectivity index (χ4v) is 3.20. The third-order valence-electron chi connectivity index (χ3n) is 3.43. The smallest absolute Gasteiger partial charge is 0.283 e. The highest BCUT2D eigenvalue weighted by atomic mass is 79.9. The van der Waals surface area contributed by atoms with Gasteiger partial charge in [0.1, 0.15) is 5.54 Å². The number of aliphatic imine (C=N–C) groups is 1. The minimum absolute atomic E-state index is 0.117. The Kier molecular flexibility index (Phi) is 2.26. The zero-order chi connectivity index (χ0) is 12.0. The van der Waals surface area contributed by atoms with Crippen molar-refractivity contribution in [2.75, 3.05) is 0 Å². The van der Waals surface area contributed by atoms with Gasteiger partial charge in [0, 0.05) is 17.3 Å². The number of ether oxygens (including phenoxy) is 1. The van der Waals surface area contributed by atoms with E-state index >= 15 is 0 Å². The molecule has 3 rings (SSSR count). The number of nitrogens with two attached hydrogens (primary N) is 1. The molecule has 4 nitrogen and oxygen atoms in total. The van der Waals surface area contributed by atoms with Crippen molar-refractivity contribution in [2.24, 2.45) is 10.7 Å². The lowest BCUT2D eigenvalue weighted by Gasteiger charge is -2.21. The Hall–Kier alpha value is -1.36. The fourth-order valence-electron chi connectivity index (χ4n) is 2.65. The van der Waals surface area contributed by atoms with E-state index in [-0.39, 0.29) is 6.02 Å². The minimum atomic E-state index is -0.568. The van der Waals surface area contributed by atoms with Gasteiger partial charge in [-0.3, -0.25) is 4.79 Å². The van der Waals surface area contributed by atoms with Crippen LogP contribution in [-0.2, 0) is 22.4 Å². The van der Waals surface area contributed by atoms with Gasteiger partial charge in [-0.1, -0.05) is 28.1 Å². The highest BCUT2D eigenvalue weighted by molar-refractivity contribution is 9.10. The predicted molar refractivity (Wildman–Crippen MR) is 66.8 cm³/mol. The molecule has 1 aliphatic carbocycles. The molecule has 17 heavy (non-hydrogen) atoms. The van der Waals surface area contributed by atoms with Crippen LogP contribution < -0.4 is 5.73 Å². The number of amidine groups is 1. The van der Waals surface area contributed by atoms with Gasteiger partial charge in [-0.25, -0.2) is 4.99 Å². The maximum Gasteiger partial charge on any atom is 0.283 e. The zero-order valence-corrected chi connectivity index (χ0v) is 10.6. The second-order valence-electron chi connectivity index (χ2n) is 4.46. The summed E-state index contributed by atoms with van der Waals surface area (Å²) >= 11 is 3.53. The maximum absolute atomic E-state index is 11.1. The predicted octanol–water partition coefficient (Wildman–Crippen LogP) is 1.20. The molecule has 0 aromatic heterocycles. The van der Waals surface area contributed by atoms with Crippen LogP contribution in [0.3, 0.4) is 0 Å². The van der Waals surface area contributed by atoms with Crippen molar-refractivity contribution in [3.05, 3.63) is 33.8 Å². The summed E-state index contributed by atoms with van der Waals surface area (Å²) in [5, 5.41) is 0. The average Bonchev–Trinajstić information content (AvgIpc) is 2.80. The van der Waals surface area contributed by atoms with Crippen molar-refractivity contribution >= 4 is 28.2 Å². The Labute approximate surface area is 107 Å². The number of fused-ring (bicyclic) bond motifs is 1. The number of carbonyl (C=O) groups excluding carboxylic acids is 1. The van der Waals surface area contributed by atoms with Gasteiger partial charge in [0.2, 0.25) is 0 Å². The number of benzene rings is 1. The highest BCUT2D eigenvalue weighted by Gasteiger charge is 2.50. The lowest BCUT2D eigenvalue weighted by Crippen LogP contribution is -2.40. The Morgan fingerprint density at radius 2 is 2.35 bits per heavy atom. The van der Waals surface area contributed by atoms with E-state index in [0.29, 0.717) is 12.8 Å². The average molecular weight is 295 g/mol. The molecule has 5 heteroatoms. The topological polar surface area (TPSA) is 64.7 Å². The van der Waals surface area contributed by atoms with E-state index in [2.05, 4.69) is 27.0 Å². The van der Waals surface area contributed by atoms with E-state index < -0.39 is 11.6 Å². The van der Waals surface area contributed by atoms with Gasteiger partial charge in [-0.05, 0) is 17.2 Å². The molecule has 88 valence electrons. The Bertz CT molecular complexity index is 529. The Balaban J connectivity index is 2.05. The fraction of sp³-hybridized carbons (Fsp3) is 0.333. The quantitative estimate of drug-likeness (QED) is 0.792. The van der Waals surface area contributed by atoms with Gasteiger partial charge in [0.15, 0.2) is 12.4 Å². The number of aldehydes is 1. The second kappa shape index (κ2) is 3.57. The number of nitrogens with zero attached hydrogens (tertiary/aromatic N) is 1. The van der Waals surface area contributed by atoms with E-state index in [9.17, 15) is 4.79 Å². The lowest BCUT2D eigenvalue weighted by molar-refractivity contribution is -0.115. The van der Waals surface area contributed by atoms with Crippen molar-refractivity contribution in [1.82, 2.24) is 0 Å². The second-order valence-corrected chi connectivity index (χ2v) is 5.31. The van der Waals surface area contributed by atoms with Crippen molar-refractivity contribution in [2.45, 2.75) is 24.5 Å². The van der Waals surface area contributed by atoms with Crippen LogP contribution in [0, 0.1) is 0 Å². The number of rotatable bonds is 1. The standard InChI is InChI=1S/C12H11BrN2O2/c13-9-3-1-2-7-4-12(5-8(7)9)10(6-16)17-11(14)15-12/h1-3,6,10H,4-5H2,(H2,14,15). The van der Waals surface area contributed by atoms with Crippen LogP contribution >= 0.6 is 15.9 Å². The largest absolute Gasteiger partial charge is 0.452 e. The third-order valence-corrected chi connectivity index (χ3v) is 4.17. The van der Waals surface area contributed by atoms with E-state index in [1.165, 1.54) is 11.1 Å². The molecule has 2 aliphatic rings. The molecule has 0 amide bonds. The summed E-state index contributed by atoms with van der Waals surface area (Å²) in [7, 11) is 0. The van der Waals surface area contributed by atoms with Crippen LogP contribution in [0.5, 0.6) is 0 Å². The van der Waals surface area contributed by atoms with Gasteiger partial charge in [0.05, 0.1) is 0 Å². The summed E-state index contributed by atoms with van der Waals surface area (Å²) in [6.45, 7) is 0. The molecule has 1 aromatic carbocycles. The Morgan fingerprint density at radius 3 is 3.06 bits per heavy atom. The summed E-state index contributed by atoms with van der Waals surface area (Å²) in [4.78, 5) is 15.4. The molecular formula is C12H11BrN2O2. The molecule has 1 aliphatic heterocycles. The molecule has 2 atom stereocenters. The van der Waals surface area contributed by atoms with Crippen molar-refractivity contribution in [3.63, 3.8) is 0 Å². The summed E-state index contributed by atoms with van der Waals surface area (Å²) in [5.74, 6) is 0. The maximum atomic E-state index is 11.1. The molecule has 2 N–H and O–H groups in total. The molecule has 1 heterocycles. The molecule has 0 saturated carbocycles. The normalized spacial score (nSPS) is 29.9. The van der Waals surface area contributed by atoms with Crippen molar-refractivity contribution in [1.29, 1.82) is 0 Å². The van der Waals surface area contributed by atoms with Gasteiger partial charge in [-0.2, -0.15) is 0 Å². The third kappa shape index (κ3) is 1.49. The minimum Gasteiger partial charge on any atom is -0.452 e. The van der Waals surface area contributed by atoms with Crippen LogP contribution in [-0.4, -0.2) is 24.0 Å². The molecular weight excluding hydrogens is 284 g/mol. The van der Waals surface area contributed by atoms with Gasteiger partial charge < -0.3 is 10.5 Å². The molecule has 1 spiro atoms. The summed E-state index contributed by atoms with van der Waals surface area (Å²) in [6.07, 6.45) is 1.62. The highest BCUT2D eigenvalue weighted by Crippen LogP contribution is 2.41. The zero-order valence-electron chi connectivity index (χ0n) is 9.02. The number of halogens is 1. The van der Waals surface area contributed by atoms with Gasteiger partial charge in [-0.15, -0.1) is 0 Å². The van der Waals surface area contributed by atoms with Crippen molar-refractivity contribution < 1.29 is 9.53 Å². The van der Waals surface area contributed by atoms with Gasteiger partial charge in [0.25, 0.3) is 6.02 Å². The first kappa shape index (κ1) is 10.8. The molecule has 0 fully saturated rings. The first-order valence-electron chi connectivity index (χ1n) is 5.38. The van der Waals surface area contributed by atoms with Crippen LogP contribution in [0.2, 0.25) is 0 Å². The van der Waals surface area contributed by atoms with E-state index in [1.54, 1.807) is 0 Å². The monoisotopic (exact) mass is 294 g/mol. The number of carbonyl (C=O) groups is 1. The van der Waals surface area contributed by atoms with Crippen LogP contribution in [0.15, 0.2) is 27.7 Å². The first-order valence-corrected chi connectivity index (χ1v) is 6.17. The van der Waals surface area contributed by atoms with Crippen LogP contribution in [0.4, 0.5) is 0 Å². The molecule has 0 saturated heterocycles. The lowest BCUT2D eigenvalue weighted by atomic mass is 9.91. The van der Waals surface area contributed by atoms with E-state index in [1.807, 2.05) is 12.1 Å². The molecule has 0 radical (unpaired) electrons. The number of hydrogen-bond acceptors (Lipinski definition) is 4. The van der Waals surface area contributed by atoms with E-state index in [4.69, 9.17) is 10.5 Å². The summed E-state index contributed by atoms with van der Waals surface area (Å²) < 4.78 is 6.32. The van der Waals surface area contributed by atoms with E-state index in [0.717, 1.165) is 10.8 Å². The van der Waals surface area contributed by atoms with Gasteiger partial charge >= 0.3 is 0 Å². The van der Waals surface area contributed by atoms with Crippen LogP contribution in [0.25, 0.3) is 0 Å². The molecule has 2 unspecified atom stereocenters. The Morgan fingerprint density at radius 1 is 1.53 bits per heavy atom. The van der Waals surface area contributed by atoms with Crippen LogP contribution in [0.1, 0.15) is 11.1 Å². The van der Waals surface area contributed by atoms with Crippen molar-refractivity contribution in [3.8, 4) is 0 Å². The SMILES string of the molecule is NC1=NC2(Cc3cccc(Br)c3C2)C(C=O)O1.